The van der Waals surface area contributed by atoms with Gasteiger partial charge in [0.25, 0.3) is 0 Å². The summed E-state index contributed by atoms with van der Waals surface area (Å²) >= 11 is 0. The molecule has 0 atom stereocenters. The molecule has 0 aromatic heterocycles. The van der Waals surface area contributed by atoms with Crippen LogP contribution in [0.5, 0.6) is 0 Å². The first-order chi connectivity index (χ1) is 7.95. The van der Waals surface area contributed by atoms with Gasteiger partial charge in [-0.1, -0.05) is 20.8 Å². The molecule has 2 fully saturated rings. The minimum atomic E-state index is -0.204. The molecule has 0 aromatic carbocycles. The number of hydrogen-bond acceptors (Lipinski definition) is 2. The van der Waals surface area contributed by atoms with Gasteiger partial charge >= 0.3 is 0 Å². The zero-order valence-corrected chi connectivity index (χ0v) is 11.6. The molecule has 0 heterocycles. The van der Waals surface area contributed by atoms with Gasteiger partial charge in [0.05, 0.1) is 6.07 Å². The van der Waals surface area contributed by atoms with Gasteiger partial charge in [0, 0.05) is 0 Å². The summed E-state index contributed by atoms with van der Waals surface area (Å²) in [5.74, 6) is 1.65. The molecule has 1 N–H and O–H groups in total. The van der Waals surface area contributed by atoms with Gasteiger partial charge in [0.1, 0.15) is 5.54 Å². The molecule has 17 heavy (non-hydrogen) atoms. The van der Waals surface area contributed by atoms with Crippen molar-refractivity contribution in [1.82, 2.24) is 5.32 Å². The molecule has 0 unspecified atom stereocenters. The number of hydrogen-bond donors (Lipinski definition) is 1. The van der Waals surface area contributed by atoms with E-state index in [1.807, 2.05) is 0 Å². The molecule has 0 amide bonds. The smallest absolute Gasteiger partial charge is 0.106 e. The van der Waals surface area contributed by atoms with Crippen LogP contribution in [-0.2, 0) is 0 Å². The molecule has 0 bridgehead atoms. The number of rotatable bonds is 3. The SMILES string of the molecule is CC(C)(C)C1CCC(C#N)(NCC2CC2)CC1. The Morgan fingerprint density at radius 1 is 1.18 bits per heavy atom. The lowest BCUT2D eigenvalue weighted by Crippen LogP contribution is -2.48. The normalized spacial score (nSPS) is 34.4. The quantitative estimate of drug-likeness (QED) is 0.811. The average Bonchev–Trinajstić information content (AvgIpc) is 3.09. The van der Waals surface area contributed by atoms with E-state index in [2.05, 4.69) is 32.2 Å². The van der Waals surface area contributed by atoms with Crippen molar-refractivity contribution in [2.45, 2.75) is 64.8 Å². The van der Waals surface area contributed by atoms with Crippen molar-refractivity contribution < 1.29 is 0 Å². The highest BCUT2D eigenvalue weighted by Crippen LogP contribution is 2.41. The van der Waals surface area contributed by atoms with Crippen molar-refractivity contribution in [3.05, 3.63) is 0 Å². The van der Waals surface area contributed by atoms with Gasteiger partial charge in [-0.05, 0) is 62.3 Å². The van der Waals surface area contributed by atoms with Crippen molar-refractivity contribution in [3.8, 4) is 6.07 Å². The van der Waals surface area contributed by atoms with Gasteiger partial charge in [-0.15, -0.1) is 0 Å². The fourth-order valence-electron chi connectivity index (χ4n) is 2.97. The van der Waals surface area contributed by atoms with E-state index in [-0.39, 0.29) is 5.54 Å². The molecule has 2 heteroatoms. The van der Waals surface area contributed by atoms with Crippen molar-refractivity contribution >= 4 is 0 Å². The molecule has 0 spiro atoms. The third kappa shape index (κ3) is 3.22. The van der Waals surface area contributed by atoms with E-state index in [9.17, 15) is 5.26 Å². The topological polar surface area (TPSA) is 35.8 Å². The van der Waals surface area contributed by atoms with Crippen LogP contribution in [-0.4, -0.2) is 12.1 Å². The van der Waals surface area contributed by atoms with Crippen LogP contribution in [0.4, 0.5) is 0 Å². The summed E-state index contributed by atoms with van der Waals surface area (Å²) in [4.78, 5) is 0. The first-order valence-corrected chi connectivity index (χ1v) is 7.11. The Balaban J connectivity index is 1.87. The summed E-state index contributed by atoms with van der Waals surface area (Å²) in [6.45, 7) is 8.05. The van der Waals surface area contributed by atoms with E-state index in [0.717, 1.165) is 31.2 Å². The van der Waals surface area contributed by atoms with Gasteiger partial charge in [0.15, 0.2) is 0 Å². The summed E-state index contributed by atoms with van der Waals surface area (Å²) < 4.78 is 0. The third-order valence-electron chi connectivity index (χ3n) is 4.70. The molecule has 2 saturated carbocycles. The van der Waals surface area contributed by atoms with E-state index in [1.165, 1.54) is 25.7 Å². The molecule has 0 aliphatic heterocycles. The van der Waals surface area contributed by atoms with Crippen LogP contribution >= 0.6 is 0 Å². The Labute approximate surface area is 106 Å². The van der Waals surface area contributed by atoms with Crippen molar-refractivity contribution in [2.75, 3.05) is 6.54 Å². The second-order valence-corrected chi connectivity index (χ2v) is 7.16. The molecule has 0 saturated heterocycles. The van der Waals surface area contributed by atoms with Crippen molar-refractivity contribution in [2.24, 2.45) is 17.3 Å². The van der Waals surface area contributed by atoms with Gasteiger partial charge in [-0.3, -0.25) is 5.32 Å². The van der Waals surface area contributed by atoms with Gasteiger partial charge in [-0.25, -0.2) is 0 Å². The average molecular weight is 234 g/mol. The molecular weight excluding hydrogens is 208 g/mol. The molecule has 2 aliphatic rings. The van der Waals surface area contributed by atoms with E-state index >= 15 is 0 Å². The zero-order chi connectivity index (χ0) is 12.5. The largest absolute Gasteiger partial charge is 0.299 e. The minimum absolute atomic E-state index is 0.204. The second kappa shape index (κ2) is 4.61. The highest BCUT2D eigenvalue weighted by atomic mass is 15.0. The van der Waals surface area contributed by atoms with Crippen molar-refractivity contribution in [3.63, 3.8) is 0 Å². The van der Waals surface area contributed by atoms with Crippen LogP contribution < -0.4 is 5.32 Å². The fourth-order valence-corrected chi connectivity index (χ4v) is 2.97. The lowest BCUT2D eigenvalue weighted by Gasteiger charge is -2.41. The summed E-state index contributed by atoms with van der Waals surface area (Å²) in [6.07, 6.45) is 7.21. The maximum atomic E-state index is 9.45. The molecule has 2 aliphatic carbocycles. The first kappa shape index (κ1) is 12.9. The molecular formula is C15H26N2. The fraction of sp³-hybridized carbons (Fsp3) is 0.933. The van der Waals surface area contributed by atoms with Gasteiger partial charge in [0.2, 0.25) is 0 Å². The molecule has 0 aromatic rings. The number of nitriles is 1. The summed E-state index contributed by atoms with van der Waals surface area (Å²) in [5, 5.41) is 13.0. The van der Waals surface area contributed by atoms with Crippen LogP contribution in [0.15, 0.2) is 0 Å². The first-order valence-electron chi connectivity index (χ1n) is 7.11. The van der Waals surface area contributed by atoms with E-state index in [4.69, 9.17) is 0 Å². The van der Waals surface area contributed by atoms with Crippen LogP contribution in [0.1, 0.15) is 59.3 Å². The van der Waals surface area contributed by atoms with Gasteiger partial charge in [-0.2, -0.15) is 5.26 Å². The monoisotopic (exact) mass is 234 g/mol. The van der Waals surface area contributed by atoms with Crippen LogP contribution in [0.25, 0.3) is 0 Å². The summed E-state index contributed by atoms with van der Waals surface area (Å²) in [5.41, 5.74) is 0.197. The van der Waals surface area contributed by atoms with Crippen molar-refractivity contribution in [1.29, 1.82) is 5.26 Å². The lowest BCUT2D eigenvalue weighted by molar-refractivity contribution is 0.138. The highest BCUT2D eigenvalue weighted by molar-refractivity contribution is 5.10. The number of nitrogens with one attached hydrogen (secondary N) is 1. The maximum absolute atomic E-state index is 9.45. The molecule has 2 rings (SSSR count). The molecule has 96 valence electrons. The summed E-state index contributed by atoms with van der Waals surface area (Å²) in [6, 6.07) is 2.56. The Kier molecular flexibility index (Phi) is 3.50. The van der Waals surface area contributed by atoms with Crippen LogP contribution in [0.3, 0.4) is 0 Å². The molecule has 2 nitrogen and oxygen atoms in total. The Bertz CT molecular complexity index is 296. The van der Waals surface area contributed by atoms with E-state index in [1.54, 1.807) is 0 Å². The Morgan fingerprint density at radius 2 is 1.76 bits per heavy atom. The summed E-state index contributed by atoms with van der Waals surface area (Å²) in [7, 11) is 0. The van der Waals surface area contributed by atoms with Crippen LogP contribution in [0, 0.1) is 28.6 Å². The minimum Gasteiger partial charge on any atom is -0.299 e. The van der Waals surface area contributed by atoms with Crippen LogP contribution in [0.2, 0.25) is 0 Å². The zero-order valence-electron chi connectivity index (χ0n) is 11.6. The Hall–Kier alpha value is -0.550. The predicted molar refractivity (Wildman–Crippen MR) is 70.5 cm³/mol. The standard InChI is InChI=1S/C15H26N2/c1-14(2,3)13-6-8-15(11-16,9-7-13)17-10-12-4-5-12/h12-13,17H,4-10H2,1-3H3. The Morgan fingerprint density at radius 3 is 2.18 bits per heavy atom. The number of nitrogens with zero attached hydrogens (tertiary/aromatic N) is 1. The predicted octanol–water partition coefficient (Wildman–Crippen LogP) is 3.48. The van der Waals surface area contributed by atoms with Gasteiger partial charge < -0.3 is 0 Å². The maximum Gasteiger partial charge on any atom is 0.106 e. The highest BCUT2D eigenvalue weighted by Gasteiger charge is 2.39. The van der Waals surface area contributed by atoms with E-state index in [0.29, 0.717) is 5.41 Å². The lowest BCUT2D eigenvalue weighted by atomic mass is 9.67. The second-order valence-electron chi connectivity index (χ2n) is 7.16. The third-order valence-corrected chi connectivity index (χ3v) is 4.70. The van der Waals surface area contributed by atoms with E-state index < -0.39 is 0 Å². The molecule has 0 radical (unpaired) electrons.